The molecule has 8 nitrogen and oxygen atoms in total. The zero-order valence-corrected chi connectivity index (χ0v) is 16.3. The van der Waals surface area contributed by atoms with Gasteiger partial charge >= 0.3 is 0 Å². The Morgan fingerprint density at radius 1 is 1.26 bits per heavy atom. The van der Waals surface area contributed by atoms with E-state index in [9.17, 15) is 13.2 Å². The maximum Gasteiger partial charge on any atom is 0.238 e. The minimum atomic E-state index is -3.73. The molecule has 0 atom stereocenters. The number of hydrogen-bond acceptors (Lipinski definition) is 6. The van der Waals surface area contributed by atoms with Gasteiger partial charge in [-0.15, -0.1) is 0 Å². The first-order valence-corrected chi connectivity index (χ1v) is 10.4. The maximum atomic E-state index is 12.5. The number of sulfonamides is 1. The van der Waals surface area contributed by atoms with Crippen molar-refractivity contribution in [1.29, 1.82) is 0 Å². The van der Waals surface area contributed by atoms with Crippen molar-refractivity contribution in [2.45, 2.75) is 38.1 Å². The number of rotatable bonds is 5. The Kier molecular flexibility index (Phi) is 5.64. The van der Waals surface area contributed by atoms with Crippen LogP contribution in [0.4, 0.5) is 5.69 Å². The summed E-state index contributed by atoms with van der Waals surface area (Å²) in [5, 5.41) is 7.91. The molecule has 27 heavy (non-hydrogen) atoms. The molecule has 1 amide bonds. The van der Waals surface area contributed by atoms with Gasteiger partial charge in [0.1, 0.15) is 5.76 Å². The van der Waals surface area contributed by atoms with Crippen molar-refractivity contribution in [3.8, 4) is 0 Å². The molecule has 1 aliphatic rings. The van der Waals surface area contributed by atoms with Crippen molar-refractivity contribution in [3.05, 3.63) is 41.6 Å². The van der Waals surface area contributed by atoms with Gasteiger partial charge < -0.3 is 9.73 Å². The van der Waals surface area contributed by atoms with E-state index in [0.29, 0.717) is 18.1 Å². The van der Waals surface area contributed by atoms with Crippen molar-refractivity contribution in [2.75, 3.05) is 18.4 Å². The van der Waals surface area contributed by atoms with E-state index in [0.717, 1.165) is 37.4 Å². The first kappa shape index (κ1) is 19.5. The summed E-state index contributed by atoms with van der Waals surface area (Å²) < 4.78 is 28.2. The van der Waals surface area contributed by atoms with E-state index < -0.39 is 10.0 Å². The molecule has 1 aromatic heterocycles. The van der Waals surface area contributed by atoms with E-state index >= 15 is 0 Å². The van der Waals surface area contributed by atoms with Crippen molar-refractivity contribution in [3.63, 3.8) is 0 Å². The number of carbonyl (C=O) groups is 1. The molecule has 0 unspecified atom stereocenters. The SMILES string of the molecule is Cc1nc(CN2CCC(C(=O)Nc3ccc(S(N)(=O)=O)cc3)CC2)oc1C. The highest BCUT2D eigenvalue weighted by atomic mass is 32.2. The van der Waals surface area contributed by atoms with Crippen molar-refractivity contribution < 1.29 is 17.6 Å². The quantitative estimate of drug-likeness (QED) is 0.801. The second kappa shape index (κ2) is 7.79. The lowest BCUT2D eigenvalue weighted by atomic mass is 9.96. The van der Waals surface area contributed by atoms with Crippen LogP contribution in [0.5, 0.6) is 0 Å². The van der Waals surface area contributed by atoms with Crippen LogP contribution in [0.3, 0.4) is 0 Å². The lowest BCUT2D eigenvalue weighted by molar-refractivity contribution is -0.121. The van der Waals surface area contributed by atoms with Crippen LogP contribution >= 0.6 is 0 Å². The van der Waals surface area contributed by atoms with E-state index in [1.807, 2.05) is 13.8 Å². The Bertz CT molecular complexity index is 894. The number of amides is 1. The van der Waals surface area contributed by atoms with E-state index in [1.54, 1.807) is 12.1 Å². The Morgan fingerprint density at radius 3 is 2.41 bits per heavy atom. The smallest absolute Gasteiger partial charge is 0.238 e. The van der Waals surface area contributed by atoms with Crippen LogP contribution in [0, 0.1) is 19.8 Å². The Balaban J connectivity index is 1.51. The number of anilines is 1. The second-order valence-electron chi connectivity index (χ2n) is 6.86. The van der Waals surface area contributed by atoms with Crippen LogP contribution in [0.1, 0.15) is 30.2 Å². The number of oxazole rings is 1. The minimum absolute atomic E-state index is 0.0193. The fourth-order valence-electron chi connectivity index (χ4n) is 3.12. The zero-order valence-electron chi connectivity index (χ0n) is 15.4. The van der Waals surface area contributed by atoms with Gasteiger partial charge in [-0.3, -0.25) is 9.69 Å². The fourth-order valence-corrected chi connectivity index (χ4v) is 3.64. The van der Waals surface area contributed by atoms with Crippen molar-refractivity contribution >= 4 is 21.6 Å². The summed E-state index contributed by atoms with van der Waals surface area (Å²) in [4.78, 5) is 19.1. The molecular formula is C18H24N4O4S. The molecule has 1 saturated heterocycles. The second-order valence-corrected chi connectivity index (χ2v) is 8.42. The summed E-state index contributed by atoms with van der Waals surface area (Å²) in [7, 11) is -3.73. The zero-order chi connectivity index (χ0) is 19.6. The number of nitrogens with two attached hydrogens (primary N) is 1. The molecule has 146 valence electrons. The van der Waals surface area contributed by atoms with Gasteiger partial charge in [0.15, 0.2) is 0 Å². The van der Waals surface area contributed by atoms with Crippen molar-refractivity contribution in [1.82, 2.24) is 9.88 Å². The van der Waals surface area contributed by atoms with Crippen LogP contribution in [-0.4, -0.2) is 37.3 Å². The van der Waals surface area contributed by atoms with Gasteiger partial charge in [-0.25, -0.2) is 18.5 Å². The van der Waals surface area contributed by atoms with Gasteiger partial charge in [0.25, 0.3) is 0 Å². The topological polar surface area (TPSA) is 119 Å². The predicted octanol–water partition coefficient (Wildman–Crippen LogP) is 1.79. The van der Waals surface area contributed by atoms with Crippen LogP contribution < -0.4 is 10.5 Å². The first-order chi connectivity index (χ1) is 12.7. The standard InChI is InChI=1S/C18H24N4O4S/c1-12-13(2)26-17(20-12)11-22-9-7-14(8-10-22)18(23)21-15-3-5-16(6-4-15)27(19,24)25/h3-6,14H,7-11H2,1-2H3,(H,21,23)(H2,19,24,25). The molecule has 9 heteroatoms. The summed E-state index contributed by atoms with van der Waals surface area (Å²) in [5.74, 6) is 1.42. The number of benzene rings is 1. The molecule has 0 bridgehead atoms. The fraction of sp³-hybridized carbons (Fsp3) is 0.444. The van der Waals surface area contributed by atoms with Crippen LogP contribution in [0.25, 0.3) is 0 Å². The van der Waals surface area contributed by atoms with Gasteiger partial charge in [0, 0.05) is 11.6 Å². The third kappa shape index (κ3) is 4.94. The Labute approximate surface area is 158 Å². The molecule has 1 aliphatic heterocycles. The number of piperidine rings is 1. The Morgan fingerprint density at radius 2 is 1.89 bits per heavy atom. The lowest BCUT2D eigenvalue weighted by Crippen LogP contribution is -2.37. The molecule has 0 saturated carbocycles. The van der Waals surface area contributed by atoms with Gasteiger partial charge in [0.2, 0.25) is 21.8 Å². The van der Waals surface area contributed by atoms with E-state index in [-0.39, 0.29) is 16.7 Å². The van der Waals surface area contributed by atoms with Gasteiger partial charge in [0.05, 0.1) is 17.1 Å². The van der Waals surface area contributed by atoms with E-state index in [2.05, 4.69) is 15.2 Å². The molecule has 3 rings (SSSR count). The van der Waals surface area contributed by atoms with E-state index in [1.165, 1.54) is 12.1 Å². The average molecular weight is 392 g/mol. The maximum absolute atomic E-state index is 12.5. The summed E-state index contributed by atoms with van der Waals surface area (Å²) in [6, 6.07) is 5.85. The molecule has 3 N–H and O–H groups in total. The molecule has 0 spiro atoms. The number of carbonyl (C=O) groups excluding carboxylic acids is 1. The summed E-state index contributed by atoms with van der Waals surface area (Å²) in [6.07, 6.45) is 1.50. The number of likely N-dealkylation sites (tertiary alicyclic amines) is 1. The molecule has 0 aliphatic carbocycles. The van der Waals surface area contributed by atoms with Crippen molar-refractivity contribution in [2.24, 2.45) is 11.1 Å². The normalized spacial score (nSPS) is 16.4. The minimum Gasteiger partial charge on any atom is -0.444 e. The van der Waals surface area contributed by atoms with E-state index in [4.69, 9.17) is 9.56 Å². The molecular weight excluding hydrogens is 368 g/mol. The van der Waals surface area contributed by atoms with Crippen LogP contribution in [-0.2, 0) is 21.4 Å². The monoisotopic (exact) mass is 392 g/mol. The highest BCUT2D eigenvalue weighted by Crippen LogP contribution is 2.22. The summed E-state index contributed by atoms with van der Waals surface area (Å²) in [5.41, 5.74) is 1.47. The molecule has 2 aromatic rings. The molecule has 0 radical (unpaired) electrons. The number of nitrogens with zero attached hydrogens (tertiary/aromatic N) is 2. The summed E-state index contributed by atoms with van der Waals surface area (Å²) in [6.45, 7) is 6.07. The Hall–Kier alpha value is -2.23. The number of primary sulfonamides is 1. The predicted molar refractivity (Wildman–Crippen MR) is 100 cm³/mol. The lowest BCUT2D eigenvalue weighted by Gasteiger charge is -2.30. The van der Waals surface area contributed by atoms with Gasteiger partial charge in [-0.1, -0.05) is 0 Å². The highest BCUT2D eigenvalue weighted by Gasteiger charge is 2.26. The third-order valence-corrected chi connectivity index (χ3v) is 5.77. The third-order valence-electron chi connectivity index (χ3n) is 4.84. The largest absolute Gasteiger partial charge is 0.444 e. The molecule has 2 heterocycles. The molecule has 1 aromatic carbocycles. The van der Waals surface area contributed by atoms with Gasteiger partial charge in [-0.05, 0) is 64.0 Å². The highest BCUT2D eigenvalue weighted by molar-refractivity contribution is 7.89. The summed E-state index contributed by atoms with van der Waals surface area (Å²) >= 11 is 0. The molecule has 1 fully saturated rings. The number of hydrogen-bond donors (Lipinski definition) is 2. The van der Waals surface area contributed by atoms with Gasteiger partial charge in [-0.2, -0.15) is 0 Å². The van der Waals surface area contributed by atoms with Crippen LogP contribution in [0.15, 0.2) is 33.6 Å². The number of aromatic nitrogens is 1. The first-order valence-electron chi connectivity index (χ1n) is 8.81. The van der Waals surface area contributed by atoms with Crippen LogP contribution in [0.2, 0.25) is 0 Å². The average Bonchev–Trinajstić information content (AvgIpc) is 2.92. The number of nitrogens with one attached hydrogen (secondary N) is 1. The number of aryl methyl sites for hydroxylation is 2.